The van der Waals surface area contributed by atoms with Crippen molar-refractivity contribution in [3.63, 3.8) is 0 Å². The molecule has 5 nitrogen and oxygen atoms in total. The number of thiol groups is 1. The summed E-state index contributed by atoms with van der Waals surface area (Å²) in [5.74, 6) is -1.74. The predicted octanol–water partition coefficient (Wildman–Crippen LogP) is 4.51. The Bertz CT molecular complexity index is 617. The van der Waals surface area contributed by atoms with E-state index in [4.69, 9.17) is 4.74 Å². The topological polar surface area (TPSA) is 69.7 Å². The van der Waals surface area contributed by atoms with Crippen molar-refractivity contribution in [1.82, 2.24) is 0 Å². The summed E-state index contributed by atoms with van der Waals surface area (Å²) < 4.78 is 9.34. The van der Waals surface area contributed by atoms with Gasteiger partial charge in [-0.2, -0.15) is 12.6 Å². The van der Waals surface area contributed by atoms with E-state index in [0.29, 0.717) is 6.42 Å². The van der Waals surface area contributed by atoms with Gasteiger partial charge in [0.2, 0.25) is 5.78 Å². The van der Waals surface area contributed by atoms with E-state index in [1.807, 2.05) is 0 Å². The van der Waals surface area contributed by atoms with Crippen molar-refractivity contribution in [3.05, 3.63) is 35.4 Å². The van der Waals surface area contributed by atoms with E-state index in [0.717, 1.165) is 5.75 Å². The first-order valence-electron chi connectivity index (χ1n) is 9.67. The number of ketones is 1. The Morgan fingerprint density at radius 3 is 1.89 bits per heavy atom. The lowest BCUT2D eigenvalue weighted by molar-refractivity contribution is -0.156. The van der Waals surface area contributed by atoms with Crippen LogP contribution in [0, 0.1) is 5.92 Å². The van der Waals surface area contributed by atoms with Gasteiger partial charge in [-0.1, -0.05) is 52.0 Å². The van der Waals surface area contributed by atoms with Crippen LogP contribution in [0.5, 0.6) is 0 Å². The number of benzene rings is 1. The molecule has 0 amide bonds. The molecule has 0 saturated carbocycles. The maximum Gasteiger partial charge on any atom is 0.374 e. The molecule has 0 aromatic heterocycles. The van der Waals surface area contributed by atoms with Gasteiger partial charge in [0.25, 0.3) is 0 Å². The third-order valence-electron chi connectivity index (χ3n) is 4.05. The Balaban J connectivity index is 0.000000540. The second-order valence-corrected chi connectivity index (χ2v) is 7.63. The third-order valence-corrected chi connectivity index (χ3v) is 4.42. The molecule has 0 saturated heterocycles. The molecule has 1 atom stereocenters. The van der Waals surface area contributed by atoms with E-state index in [1.165, 1.54) is 11.1 Å². The molecule has 0 radical (unpaired) electrons. The van der Waals surface area contributed by atoms with E-state index in [-0.39, 0.29) is 25.0 Å². The Kier molecular flexibility index (Phi) is 12.5. The van der Waals surface area contributed by atoms with Gasteiger partial charge in [0.05, 0.1) is 19.1 Å². The fourth-order valence-electron chi connectivity index (χ4n) is 2.28. The Morgan fingerprint density at radius 1 is 0.964 bits per heavy atom. The van der Waals surface area contributed by atoms with Gasteiger partial charge in [0.1, 0.15) is 0 Å². The zero-order valence-corrected chi connectivity index (χ0v) is 18.8. The molecule has 0 aliphatic rings. The van der Waals surface area contributed by atoms with Gasteiger partial charge in [-0.15, -0.1) is 0 Å². The standard InChI is InChI=1S/C11H18O5.C11H16S/c1-4-8(10(13)15-5-2)7-9(12)11(14)16-6-3;1-11(2,3)10-6-4-9(8-12)5-7-10/h8H,4-7H2,1-3H3;4-7,12H,8H2,1-3H3. The second kappa shape index (κ2) is 13.4. The second-order valence-electron chi connectivity index (χ2n) is 7.31. The van der Waals surface area contributed by atoms with E-state index in [2.05, 4.69) is 62.4 Å². The van der Waals surface area contributed by atoms with Crippen molar-refractivity contribution >= 4 is 30.4 Å². The Labute approximate surface area is 174 Å². The normalized spacial score (nSPS) is 11.7. The molecular weight excluding hydrogens is 376 g/mol. The van der Waals surface area contributed by atoms with E-state index in [9.17, 15) is 14.4 Å². The van der Waals surface area contributed by atoms with Gasteiger partial charge in [-0.3, -0.25) is 9.59 Å². The number of hydrogen-bond donors (Lipinski definition) is 1. The van der Waals surface area contributed by atoms with E-state index in [1.54, 1.807) is 20.8 Å². The summed E-state index contributed by atoms with van der Waals surface area (Å²) in [6.45, 7) is 12.2. The predicted molar refractivity (Wildman–Crippen MR) is 115 cm³/mol. The highest BCUT2D eigenvalue weighted by molar-refractivity contribution is 7.79. The van der Waals surface area contributed by atoms with Gasteiger partial charge >= 0.3 is 11.9 Å². The van der Waals surface area contributed by atoms with Crippen molar-refractivity contribution in [3.8, 4) is 0 Å². The summed E-state index contributed by atoms with van der Waals surface area (Å²) in [5.41, 5.74) is 2.93. The summed E-state index contributed by atoms with van der Waals surface area (Å²) in [5, 5.41) is 0. The van der Waals surface area contributed by atoms with Crippen LogP contribution in [-0.4, -0.2) is 30.9 Å². The summed E-state index contributed by atoms with van der Waals surface area (Å²) in [7, 11) is 0. The minimum atomic E-state index is -0.884. The smallest absolute Gasteiger partial charge is 0.374 e. The number of hydrogen-bond acceptors (Lipinski definition) is 6. The van der Waals surface area contributed by atoms with Crippen molar-refractivity contribution in [2.75, 3.05) is 13.2 Å². The van der Waals surface area contributed by atoms with Gasteiger partial charge in [0.15, 0.2) is 0 Å². The number of carbonyl (C=O) groups is 3. The van der Waals surface area contributed by atoms with Crippen molar-refractivity contribution in [2.24, 2.45) is 5.92 Å². The molecule has 1 rings (SSSR count). The van der Waals surface area contributed by atoms with Crippen molar-refractivity contribution in [1.29, 1.82) is 0 Å². The Hall–Kier alpha value is -1.82. The van der Waals surface area contributed by atoms with Gasteiger partial charge in [-0.25, -0.2) is 4.79 Å². The van der Waals surface area contributed by atoms with Crippen LogP contribution < -0.4 is 0 Å². The average Bonchev–Trinajstić information content (AvgIpc) is 2.66. The zero-order chi connectivity index (χ0) is 21.7. The van der Waals surface area contributed by atoms with Crippen molar-refractivity contribution in [2.45, 2.75) is 65.6 Å². The van der Waals surface area contributed by atoms with E-state index >= 15 is 0 Å². The molecule has 28 heavy (non-hydrogen) atoms. The summed E-state index contributed by atoms with van der Waals surface area (Å²) in [4.78, 5) is 33.7. The molecule has 0 heterocycles. The van der Waals surface area contributed by atoms with Crippen LogP contribution >= 0.6 is 12.6 Å². The largest absolute Gasteiger partial charge is 0.466 e. The van der Waals surface area contributed by atoms with Crippen LogP contribution in [0.3, 0.4) is 0 Å². The van der Waals surface area contributed by atoms with Gasteiger partial charge in [0, 0.05) is 12.2 Å². The van der Waals surface area contributed by atoms with Crippen LogP contribution in [0.4, 0.5) is 0 Å². The third kappa shape index (κ3) is 9.93. The number of Topliss-reactive ketones (excluding diaryl/α,β-unsaturated/α-hetero) is 1. The lowest BCUT2D eigenvalue weighted by atomic mass is 9.87. The molecule has 158 valence electrons. The highest BCUT2D eigenvalue weighted by Gasteiger charge is 2.25. The van der Waals surface area contributed by atoms with Crippen LogP contribution in [-0.2, 0) is 35.0 Å². The molecule has 0 aliphatic heterocycles. The van der Waals surface area contributed by atoms with Gasteiger partial charge < -0.3 is 9.47 Å². The molecule has 0 spiro atoms. The molecule has 0 aliphatic carbocycles. The summed E-state index contributed by atoms with van der Waals surface area (Å²) >= 11 is 4.22. The SMILES string of the molecule is CC(C)(C)c1ccc(CS)cc1.CCOC(=O)C(=O)CC(CC)C(=O)OCC. The first-order chi connectivity index (χ1) is 13.1. The average molecular weight is 411 g/mol. The minimum Gasteiger partial charge on any atom is -0.466 e. The quantitative estimate of drug-likeness (QED) is 0.388. The first kappa shape index (κ1) is 26.2. The molecule has 0 N–H and O–H groups in total. The van der Waals surface area contributed by atoms with Crippen LogP contribution in [0.15, 0.2) is 24.3 Å². The summed E-state index contributed by atoms with van der Waals surface area (Å²) in [6, 6.07) is 8.66. The highest BCUT2D eigenvalue weighted by atomic mass is 32.1. The first-order valence-corrected chi connectivity index (χ1v) is 10.3. The van der Waals surface area contributed by atoms with Crippen LogP contribution in [0.2, 0.25) is 0 Å². The number of esters is 2. The molecule has 1 unspecified atom stereocenters. The monoisotopic (exact) mass is 410 g/mol. The fraction of sp³-hybridized carbons (Fsp3) is 0.591. The Morgan fingerprint density at radius 2 is 1.50 bits per heavy atom. The lowest BCUT2D eigenvalue weighted by Gasteiger charge is -2.18. The van der Waals surface area contributed by atoms with Crippen molar-refractivity contribution < 1.29 is 23.9 Å². The lowest BCUT2D eigenvalue weighted by Crippen LogP contribution is -2.25. The number of ether oxygens (including phenoxy) is 2. The molecule has 1 aromatic carbocycles. The highest BCUT2D eigenvalue weighted by Crippen LogP contribution is 2.22. The maximum absolute atomic E-state index is 11.4. The molecule has 6 heteroatoms. The number of carbonyl (C=O) groups excluding carboxylic acids is 3. The van der Waals surface area contributed by atoms with E-state index < -0.39 is 23.6 Å². The molecule has 0 fully saturated rings. The molecule has 1 aromatic rings. The van der Waals surface area contributed by atoms with Crippen LogP contribution in [0.25, 0.3) is 0 Å². The van der Waals surface area contributed by atoms with Crippen LogP contribution in [0.1, 0.15) is 65.5 Å². The maximum atomic E-state index is 11.4. The zero-order valence-electron chi connectivity index (χ0n) is 17.9. The molecule has 0 bridgehead atoms. The van der Waals surface area contributed by atoms with Gasteiger partial charge in [-0.05, 0) is 36.8 Å². The fourth-order valence-corrected chi connectivity index (χ4v) is 2.49. The number of rotatable bonds is 8. The minimum absolute atomic E-state index is 0.145. The summed E-state index contributed by atoms with van der Waals surface area (Å²) in [6.07, 6.45) is 0.318. The molecular formula is C22H34O5S.